The molecule has 0 fully saturated rings. The molecule has 1 aromatic carbocycles. The number of carbonyl (C=O) groups is 2. The minimum absolute atomic E-state index is 0.00929. The largest absolute Gasteiger partial charge is 0.469 e. The number of nitrogens with one attached hydrogen (secondary N) is 2. The monoisotopic (exact) mass is 294 g/mol. The molecule has 0 aromatic heterocycles. The van der Waals surface area contributed by atoms with Crippen molar-refractivity contribution in [3.8, 4) is 0 Å². The van der Waals surface area contributed by atoms with Crippen LogP contribution >= 0.6 is 0 Å². The molecule has 0 heterocycles. The summed E-state index contributed by atoms with van der Waals surface area (Å²) in [6, 6.07) is 9.25. The number of ether oxygens (including phenoxy) is 2. The van der Waals surface area contributed by atoms with E-state index < -0.39 is 23.8 Å². The molecule has 0 aliphatic rings. The van der Waals surface area contributed by atoms with Gasteiger partial charge in [-0.15, -0.1) is 0 Å². The standard InChI is InChI=1S/C15H22N2O4/c1-15(2,3)21-14(19)17-12(10-13(18)20-4)16-11-8-6-5-7-9-11/h5-9,12,16H,10H2,1-4H3,(H,17,19)/t12-/m1/s1. The zero-order valence-electron chi connectivity index (χ0n) is 12.8. The maximum atomic E-state index is 11.8. The molecule has 0 spiro atoms. The Morgan fingerprint density at radius 3 is 2.33 bits per heavy atom. The number of amides is 1. The number of benzene rings is 1. The molecule has 1 atom stereocenters. The van der Waals surface area contributed by atoms with Crippen molar-refractivity contribution in [2.45, 2.75) is 39.0 Å². The summed E-state index contributed by atoms with van der Waals surface area (Å²) in [6.45, 7) is 5.31. The number of para-hydroxylation sites is 1. The first-order chi connectivity index (χ1) is 9.80. The van der Waals surface area contributed by atoms with E-state index in [0.29, 0.717) is 0 Å². The fourth-order valence-corrected chi connectivity index (χ4v) is 1.57. The molecule has 0 saturated carbocycles. The van der Waals surface area contributed by atoms with Gasteiger partial charge in [-0.2, -0.15) is 0 Å². The molecule has 116 valence electrons. The van der Waals surface area contributed by atoms with Gasteiger partial charge in [0.15, 0.2) is 0 Å². The van der Waals surface area contributed by atoms with Crippen molar-refractivity contribution in [2.24, 2.45) is 0 Å². The number of anilines is 1. The first-order valence-electron chi connectivity index (χ1n) is 6.68. The van der Waals surface area contributed by atoms with E-state index in [1.165, 1.54) is 7.11 Å². The van der Waals surface area contributed by atoms with E-state index in [1.54, 1.807) is 20.8 Å². The second kappa shape index (κ2) is 7.52. The van der Waals surface area contributed by atoms with Gasteiger partial charge in [0.2, 0.25) is 0 Å². The molecule has 1 aromatic rings. The Morgan fingerprint density at radius 2 is 1.81 bits per heavy atom. The van der Waals surface area contributed by atoms with Crippen LogP contribution in [0.2, 0.25) is 0 Å². The summed E-state index contributed by atoms with van der Waals surface area (Å²) in [4.78, 5) is 23.2. The number of carbonyl (C=O) groups excluding carboxylic acids is 2. The van der Waals surface area contributed by atoms with Crippen molar-refractivity contribution < 1.29 is 19.1 Å². The summed E-state index contributed by atoms with van der Waals surface area (Å²) in [5.74, 6) is -0.431. The van der Waals surface area contributed by atoms with Crippen LogP contribution in [0.15, 0.2) is 30.3 Å². The van der Waals surface area contributed by atoms with E-state index in [-0.39, 0.29) is 6.42 Å². The third-order valence-corrected chi connectivity index (χ3v) is 2.40. The van der Waals surface area contributed by atoms with Gasteiger partial charge in [0.25, 0.3) is 0 Å². The number of hydrogen-bond donors (Lipinski definition) is 2. The minimum atomic E-state index is -0.616. The van der Waals surface area contributed by atoms with Crippen molar-refractivity contribution in [1.82, 2.24) is 5.32 Å². The number of alkyl carbamates (subject to hydrolysis) is 1. The van der Waals surface area contributed by atoms with Crippen molar-refractivity contribution in [3.05, 3.63) is 30.3 Å². The van der Waals surface area contributed by atoms with Crippen LogP contribution in [-0.2, 0) is 14.3 Å². The van der Waals surface area contributed by atoms with E-state index >= 15 is 0 Å². The van der Waals surface area contributed by atoms with Gasteiger partial charge in [-0.05, 0) is 32.9 Å². The van der Waals surface area contributed by atoms with Gasteiger partial charge >= 0.3 is 12.1 Å². The van der Waals surface area contributed by atoms with Crippen molar-refractivity contribution >= 4 is 17.7 Å². The van der Waals surface area contributed by atoms with Crippen LogP contribution in [0, 0.1) is 0 Å². The highest BCUT2D eigenvalue weighted by atomic mass is 16.6. The Labute approximate surface area is 124 Å². The molecule has 6 heteroatoms. The van der Waals surface area contributed by atoms with Crippen molar-refractivity contribution in [2.75, 3.05) is 12.4 Å². The number of methoxy groups -OCH3 is 1. The van der Waals surface area contributed by atoms with Crippen LogP contribution in [0.3, 0.4) is 0 Å². The van der Waals surface area contributed by atoms with E-state index in [9.17, 15) is 9.59 Å². The highest BCUT2D eigenvalue weighted by Gasteiger charge is 2.21. The lowest BCUT2D eigenvalue weighted by molar-refractivity contribution is -0.140. The molecule has 1 amide bonds. The molecule has 2 N–H and O–H groups in total. The van der Waals surface area contributed by atoms with Gasteiger partial charge in [0.05, 0.1) is 13.5 Å². The fraction of sp³-hybridized carbons (Fsp3) is 0.467. The van der Waals surface area contributed by atoms with Crippen LogP contribution in [0.5, 0.6) is 0 Å². The summed E-state index contributed by atoms with van der Waals surface area (Å²) in [5, 5.41) is 5.66. The van der Waals surface area contributed by atoms with Crippen molar-refractivity contribution in [1.29, 1.82) is 0 Å². The van der Waals surface area contributed by atoms with E-state index in [2.05, 4.69) is 15.4 Å². The molecule has 6 nitrogen and oxygen atoms in total. The van der Waals surface area contributed by atoms with E-state index in [4.69, 9.17) is 4.74 Å². The van der Waals surface area contributed by atoms with E-state index in [0.717, 1.165) is 5.69 Å². The maximum absolute atomic E-state index is 11.8. The number of hydrogen-bond acceptors (Lipinski definition) is 5. The second-order valence-electron chi connectivity index (χ2n) is 5.49. The maximum Gasteiger partial charge on any atom is 0.409 e. The molecule has 0 saturated heterocycles. The Hall–Kier alpha value is -2.24. The van der Waals surface area contributed by atoms with Gasteiger partial charge in [-0.3, -0.25) is 4.79 Å². The summed E-state index contributed by atoms with van der Waals surface area (Å²) in [5.41, 5.74) is 0.176. The quantitative estimate of drug-likeness (QED) is 0.644. The predicted molar refractivity (Wildman–Crippen MR) is 79.9 cm³/mol. The number of esters is 1. The average molecular weight is 294 g/mol. The first-order valence-corrected chi connectivity index (χ1v) is 6.68. The summed E-state index contributed by atoms with van der Waals surface area (Å²) in [6.07, 6.45) is -1.22. The Bertz CT molecular complexity index is 468. The lowest BCUT2D eigenvalue weighted by atomic mass is 10.2. The van der Waals surface area contributed by atoms with Gasteiger partial charge in [0.1, 0.15) is 11.8 Å². The molecule has 21 heavy (non-hydrogen) atoms. The van der Waals surface area contributed by atoms with Crippen LogP contribution in [0.1, 0.15) is 27.2 Å². The zero-order valence-corrected chi connectivity index (χ0v) is 12.8. The molecular weight excluding hydrogens is 272 g/mol. The molecule has 0 aliphatic carbocycles. The van der Waals surface area contributed by atoms with E-state index in [1.807, 2.05) is 30.3 Å². The lowest BCUT2D eigenvalue weighted by Gasteiger charge is -2.24. The van der Waals surface area contributed by atoms with Crippen LogP contribution in [-0.4, -0.2) is 30.9 Å². The Balaban J connectivity index is 2.68. The third-order valence-electron chi connectivity index (χ3n) is 2.40. The molecule has 0 radical (unpaired) electrons. The summed E-state index contributed by atoms with van der Waals surface area (Å²) >= 11 is 0. The first kappa shape index (κ1) is 16.8. The second-order valence-corrected chi connectivity index (χ2v) is 5.49. The highest BCUT2D eigenvalue weighted by molar-refractivity contribution is 5.73. The average Bonchev–Trinajstić information content (AvgIpc) is 2.37. The topological polar surface area (TPSA) is 76.7 Å². The minimum Gasteiger partial charge on any atom is -0.469 e. The van der Waals surface area contributed by atoms with Crippen LogP contribution < -0.4 is 10.6 Å². The van der Waals surface area contributed by atoms with Crippen molar-refractivity contribution in [3.63, 3.8) is 0 Å². The Morgan fingerprint density at radius 1 is 1.19 bits per heavy atom. The molecule has 0 aliphatic heterocycles. The molecular formula is C15H22N2O4. The lowest BCUT2D eigenvalue weighted by Crippen LogP contribution is -2.44. The van der Waals surface area contributed by atoms with Crippen LogP contribution in [0.25, 0.3) is 0 Å². The van der Waals surface area contributed by atoms with Gasteiger partial charge in [-0.25, -0.2) is 4.79 Å². The summed E-state index contributed by atoms with van der Waals surface area (Å²) < 4.78 is 9.81. The van der Waals surface area contributed by atoms with Gasteiger partial charge < -0.3 is 20.1 Å². The number of rotatable bonds is 5. The zero-order chi connectivity index (χ0) is 15.9. The van der Waals surface area contributed by atoms with Gasteiger partial charge in [0, 0.05) is 5.69 Å². The highest BCUT2D eigenvalue weighted by Crippen LogP contribution is 2.10. The third kappa shape index (κ3) is 7.20. The summed E-state index contributed by atoms with van der Waals surface area (Å²) in [7, 11) is 1.30. The van der Waals surface area contributed by atoms with Gasteiger partial charge in [-0.1, -0.05) is 18.2 Å². The predicted octanol–water partition coefficient (Wildman–Crippen LogP) is 2.51. The molecule has 0 unspecified atom stereocenters. The fourth-order valence-electron chi connectivity index (χ4n) is 1.57. The SMILES string of the molecule is COC(=O)C[C@@H](NC(=O)OC(C)(C)C)Nc1ccccc1. The molecule has 0 bridgehead atoms. The normalized spacial score (nSPS) is 12.2. The molecule has 1 rings (SSSR count). The van der Waals surface area contributed by atoms with Crippen LogP contribution in [0.4, 0.5) is 10.5 Å². The smallest absolute Gasteiger partial charge is 0.409 e. The Kier molecular flexibility index (Phi) is 6.02.